The van der Waals surface area contributed by atoms with Crippen LogP contribution in [-0.2, 0) is 6.54 Å². The third kappa shape index (κ3) is 5.09. The molecule has 1 atom stereocenters. The van der Waals surface area contributed by atoms with Crippen molar-refractivity contribution in [2.45, 2.75) is 19.6 Å². The van der Waals surface area contributed by atoms with Crippen LogP contribution in [-0.4, -0.2) is 36.5 Å². The molecule has 0 aliphatic carbocycles. The monoisotopic (exact) mass is 368 g/mol. The average molecular weight is 368 g/mol. The second-order valence-electron chi connectivity index (χ2n) is 6.49. The highest BCUT2D eigenvalue weighted by Crippen LogP contribution is 2.17. The number of nitrogens with one attached hydrogen (secondary N) is 2. The molecule has 0 aliphatic rings. The number of aryl methyl sites for hydroxylation is 1. The molecule has 142 valence electrons. The van der Waals surface area contributed by atoms with Crippen LogP contribution in [0.5, 0.6) is 11.5 Å². The highest BCUT2D eigenvalue weighted by molar-refractivity contribution is 5.79. The number of aromatic nitrogens is 1. The van der Waals surface area contributed by atoms with Crippen LogP contribution in [0.3, 0.4) is 0 Å². The van der Waals surface area contributed by atoms with E-state index in [0.717, 1.165) is 22.2 Å². The van der Waals surface area contributed by atoms with E-state index in [1.54, 1.807) is 31.4 Å². The number of fused-ring (bicyclic) bond motifs is 1. The fraction of sp³-hybridized carbons (Fsp3) is 0.286. The van der Waals surface area contributed by atoms with Crippen LogP contribution >= 0.6 is 0 Å². The van der Waals surface area contributed by atoms with Gasteiger partial charge in [-0.05, 0) is 54.3 Å². The molecule has 27 heavy (non-hydrogen) atoms. The predicted octanol–water partition coefficient (Wildman–Crippen LogP) is 2.37. The van der Waals surface area contributed by atoms with Gasteiger partial charge in [-0.15, -0.1) is 0 Å². The van der Waals surface area contributed by atoms with Gasteiger partial charge in [0.2, 0.25) is 0 Å². The van der Waals surface area contributed by atoms with Crippen LogP contribution in [0, 0.1) is 6.92 Å². The van der Waals surface area contributed by atoms with E-state index in [2.05, 4.69) is 10.3 Å². The molecule has 1 heterocycles. The van der Waals surface area contributed by atoms with Gasteiger partial charge in [0.15, 0.2) is 0 Å². The van der Waals surface area contributed by atoms with E-state index in [1.807, 2.05) is 31.2 Å². The van der Waals surface area contributed by atoms with Gasteiger partial charge in [-0.2, -0.15) is 0 Å². The van der Waals surface area contributed by atoms with Crippen LogP contribution in [0.25, 0.3) is 10.9 Å². The molecule has 0 saturated heterocycles. The number of aliphatic hydroxyl groups excluding tert-OH is 1. The lowest BCUT2D eigenvalue weighted by molar-refractivity contribution is 0.106. The van der Waals surface area contributed by atoms with Crippen molar-refractivity contribution in [3.8, 4) is 11.5 Å². The smallest absolute Gasteiger partial charge is 0.252 e. The van der Waals surface area contributed by atoms with Crippen molar-refractivity contribution in [3.05, 3.63) is 70.0 Å². The third-order valence-corrected chi connectivity index (χ3v) is 4.28. The van der Waals surface area contributed by atoms with Crippen LogP contribution in [0.15, 0.2) is 53.3 Å². The number of hydrogen-bond donors (Lipinski definition) is 3. The number of hydrogen-bond acceptors (Lipinski definition) is 5. The number of aliphatic hydroxyl groups is 1. The summed E-state index contributed by atoms with van der Waals surface area (Å²) in [6, 6.07) is 15.0. The molecular formula is C21H24N2O4. The van der Waals surface area contributed by atoms with Crippen LogP contribution < -0.4 is 20.3 Å². The van der Waals surface area contributed by atoms with Gasteiger partial charge < -0.3 is 24.9 Å². The molecule has 0 unspecified atom stereocenters. The van der Waals surface area contributed by atoms with E-state index in [-0.39, 0.29) is 12.2 Å². The van der Waals surface area contributed by atoms with E-state index in [0.29, 0.717) is 24.4 Å². The van der Waals surface area contributed by atoms with Crippen molar-refractivity contribution in [1.82, 2.24) is 10.3 Å². The Morgan fingerprint density at radius 1 is 1.11 bits per heavy atom. The van der Waals surface area contributed by atoms with Crippen molar-refractivity contribution in [2.75, 3.05) is 20.3 Å². The van der Waals surface area contributed by atoms with Crippen molar-refractivity contribution in [1.29, 1.82) is 0 Å². The summed E-state index contributed by atoms with van der Waals surface area (Å²) in [5.41, 5.74) is 2.44. The molecule has 6 nitrogen and oxygen atoms in total. The van der Waals surface area contributed by atoms with E-state index in [9.17, 15) is 9.90 Å². The highest BCUT2D eigenvalue weighted by Gasteiger charge is 2.07. The summed E-state index contributed by atoms with van der Waals surface area (Å²) in [5, 5.41) is 14.2. The van der Waals surface area contributed by atoms with Gasteiger partial charge in [-0.25, -0.2) is 0 Å². The minimum absolute atomic E-state index is 0.121. The first-order chi connectivity index (χ1) is 13.0. The molecule has 0 spiro atoms. The lowest BCUT2D eigenvalue weighted by Crippen LogP contribution is -2.32. The molecule has 0 saturated carbocycles. The Hall–Kier alpha value is -2.83. The van der Waals surface area contributed by atoms with Crippen molar-refractivity contribution >= 4 is 10.9 Å². The molecule has 0 aliphatic heterocycles. The van der Waals surface area contributed by atoms with Crippen molar-refractivity contribution in [3.63, 3.8) is 0 Å². The minimum Gasteiger partial charge on any atom is -0.497 e. The summed E-state index contributed by atoms with van der Waals surface area (Å²) < 4.78 is 10.6. The normalized spacial score (nSPS) is 12.1. The Labute approximate surface area is 157 Å². The summed E-state index contributed by atoms with van der Waals surface area (Å²) >= 11 is 0. The molecule has 0 bridgehead atoms. The zero-order valence-electron chi connectivity index (χ0n) is 15.5. The molecule has 6 heteroatoms. The van der Waals surface area contributed by atoms with Gasteiger partial charge in [0.05, 0.1) is 7.11 Å². The average Bonchev–Trinajstić information content (AvgIpc) is 2.67. The molecule has 2 aromatic carbocycles. The van der Waals surface area contributed by atoms with Crippen LogP contribution in [0.2, 0.25) is 0 Å². The molecule has 3 N–H and O–H groups in total. The van der Waals surface area contributed by atoms with Crippen molar-refractivity contribution in [2.24, 2.45) is 0 Å². The van der Waals surface area contributed by atoms with Crippen LogP contribution in [0.1, 0.15) is 11.1 Å². The van der Waals surface area contributed by atoms with E-state index in [1.165, 1.54) is 0 Å². The number of benzene rings is 2. The standard InChI is InChI=1S/C21H24N2O4/c1-14-3-4-15-10-16(21(25)23-20(15)9-14)11-22-12-17(24)13-27-19-7-5-18(26-2)6-8-19/h3-10,17,22,24H,11-13H2,1-2H3,(H,23,25)/t17-/m1/s1. The number of aromatic amines is 1. The first-order valence-electron chi connectivity index (χ1n) is 8.83. The summed E-state index contributed by atoms with van der Waals surface area (Å²) in [6.45, 7) is 2.84. The second-order valence-corrected chi connectivity index (χ2v) is 6.49. The van der Waals surface area contributed by atoms with Gasteiger partial charge in [0, 0.05) is 24.2 Å². The first kappa shape index (κ1) is 18.9. The SMILES string of the molecule is COc1ccc(OC[C@H](O)CNCc2cc3ccc(C)cc3[nH]c2=O)cc1. The predicted molar refractivity (Wildman–Crippen MR) is 106 cm³/mol. The largest absolute Gasteiger partial charge is 0.497 e. The fourth-order valence-corrected chi connectivity index (χ4v) is 2.79. The summed E-state index contributed by atoms with van der Waals surface area (Å²) in [6.07, 6.45) is -0.686. The quantitative estimate of drug-likeness (QED) is 0.569. The van der Waals surface area contributed by atoms with Gasteiger partial charge in [0.1, 0.15) is 24.2 Å². The fourth-order valence-electron chi connectivity index (χ4n) is 2.79. The molecule has 0 fully saturated rings. The maximum atomic E-state index is 12.2. The second kappa shape index (κ2) is 8.70. The number of pyridine rings is 1. The van der Waals surface area contributed by atoms with E-state index < -0.39 is 6.10 Å². The lowest BCUT2D eigenvalue weighted by atomic mass is 10.1. The molecule has 1 aromatic heterocycles. The molecule has 0 radical (unpaired) electrons. The topological polar surface area (TPSA) is 83.6 Å². The highest BCUT2D eigenvalue weighted by atomic mass is 16.5. The minimum atomic E-state index is -0.686. The van der Waals surface area contributed by atoms with Gasteiger partial charge in [0.25, 0.3) is 5.56 Å². The van der Waals surface area contributed by atoms with E-state index >= 15 is 0 Å². The zero-order valence-corrected chi connectivity index (χ0v) is 15.5. The van der Waals surface area contributed by atoms with Crippen molar-refractivity contribution < 1.29 is 14.6 Å². The molecular weight excluding hydrogens is 344 g/mol. The zero-order chi connectivity index (χ0) is 19.2. The Kier molecular flexibility index (Phi) is 6.11. The van der Waals surface area contributed by atoms with E-state index in [4.69, 9.17) is 9.47 Å². The Bertz CT molecular complexity index is 951. The van der Waals surface area contributed by atoms with Gasteiger partial charge >= 0.3 is 0 Å². The Morgan fingerprint density at radius 3 is 2.59 bits per heavy atom. The number of rotatable bonds is 8. The third-order valence-electron chi connectivity index (χ3n) is 4.28. The maximum Gasteiger partial charge on any atom is 0.252 e. The first-order valence-corrected chi connectivity index (χ1v) is 8.83. The summed E-state index contributed by atoms with van der Waals surface area (Å²) in [4.78, 5) is 15.1. The summed E-state index contributed by atoms with van der Waals surface area (Å²) in [7, 11) is 1.60. The lowest BCUT2D eigenvalue weighted by Gasteiger charge is -2.13. The molecule has 0 amide bonds. The van der Waals surface area contributed by atoms with Gasteiger partial charge in [-0.1, -0.05) is 12.1 Å². The van der Waals surface area contributed by atoms with Crippen LogP contribution in [0.4, 0.5) is 0 Å². The number of methoxy groups -OCH3 is 1. The number of H-pyrrole nitrogens is 1. The Morgan fingerprint density at radius 2 is 1.85 bits per heavy atom. The molecule has 3 rings (SSSR count). The summed E-state index contributed by atoms with van der Waals surface area (Å²) in [5.74, 6) is 1.41. The maximum absolute atomic E-state index is 12.2. The number of ether oxygens (including phenoxy) is 2. The molecule has 3 aromatic rings. The Balaban J connectivity index is 1.50. The van der Waals surface area contributed by atoms with Gasteiger partial charge in [-0.3, -0.25) is 4.79 Å².